The average molecular weight is 348 g/mol. The highest BCUT2D eigenvalue weighted by Gasteiger charge is 2.30. The van der Waals surface area contributed by atoms with Gasteiger partial charge in [-0.2, -0.15) is 13.2 Å². The van der Waals surface area contributed by atoms with Gasteiger partial charge in [0.2, 0.25) is 0 Å². The minimum absolute atomic E-state index is 0.0395. The zero-order valence-corrected chi connectivity index (χ0v) is 11.2. The smallest absolute Gasteiger partial charge is 0.382 e. The van der Waals surface area contributed by atoms with Crippen molar-refractivity contribution in [2.75, 3.05) is 25.1 Å². The van der Waals surface area contributed by atoms with Crippen LogP contribution in [0.25, 0.3) is 0 Å². The molecule has 0 saturated heterocycles. The average Bonchev–Trinajstić information content (AvgIpc) is 2.28. The molecule has 0 radical (unpaired) electrons. The van der Waals surface area contributed by atoms with Crippen LogP contribution in [0, 0.1) is 0 Å². The molecule has 1 N–H and O–H groups in total. The summed E-state index contributed by atoms with van der Waals surface area (Å²) in [4.78, 5) is 0. The fraction of sp³-hybridized carbons (Fsp3) is 0.455. The highest BCUT2D eigenvalue weighted by molar-refractivity contribution is 9.10. The first-order valence-electron chi connectivity index (χ1n) is 5.27. The number of anilines is 1. The van der Waals surface area contributed by atoms with Crippen LogP contribution in [0.2, 0.25) is 0 Å². The van der Waals surface area contributed by atoms with E-state index in [9.17, 15) is 22.0 Å². The summed E-state index contributed by atoms with van der Waals surface area (Å²) >= 11 is 3.01. The summed E-state index contributed by atoms with van der Waals surface area (Å²) < 4.78 is 65.6. The van der Waals surface area contributed by atoms with Crippen molar-refractivity contribution in [1.29, 1.82) is 0 Å². The van der Waals surface area contributed by atoms with Gasteiger partial charge >= 0.3 is 6.18 Å². The molecule has 1 aromatic carbocycles. The zero-order valence-electron chi connectivity index (χ0n) is 9.61. The first-order chi connectivity index (χ1) is 8.80. The van der Waals surface area contributed by atoms with Gasteiger partial charge in [0.1, 0.15) is 6.61 Å². The molecule has 19 heavy (non-hydrogen) atoms. The fourth-order valence-corrected chi connectivity index (χ4v) is 1.78. The molecule has 0 atom stereocenters. The van der Waals surface area contributed by atoms with Crippen LogP contribution in [0.5, 0.6) is 0 Å². The molecule has 0 fully saturated rings. The van der Waals surface area contributed by atoms with E-state index in [0.29, 0.717) is 5.69 Å². The van der Waals surface area contributed by atoms with E-state index in [1.165, 1.54) is 6.07 Å². The van der Waals surface area contributed by atoms with Crippen molar-refractivity contribution < 1.29 is 26.7 Å². The van der Waals surface area contributed by atoms with Gasteiger partial charge in [-0.05, 0) is 34.1 Å². The van der Waals surface area contributed by atoms with Crippen LogP contribution in [-0.4, -0.2) is 26.2 Å². The van der Waals surface area contributed by atoms with Crippen molar-refractivity contribution in [2.24, 2.45) is 0 Å². The van der Waals surface area contributed by atoms with Gasteiger partial charge in [-0.1, -0.05) is 0 Å². The molecule has 1 rings (SSSR count). The third-order valence-corrected chi connectivity index (χ3v) is 2.76. The van der Waals surface area contributed by atoms with E-state index in [4.69, 9.17) is 0 Å². The van der Waals surface area contributed by atoms with E-state index in [1.807, 2.05) is 0 Å². The Morgan fingerprint density at radius 1 is 1.26 bits per heavy atom. The Kier molecular flexibility index (Phi) is 5.99. The first-order valence-corrected chi connectivity index (χ1v) is 6.06. The van der Waals surface area contributed by atoms with Crippen molar-refractivity contribution >= 4 is 21.6 Å². The standard InChI is InChI=1S/C11H11BrF5NO/c12-8-5-7(11(15,16)17)1-2-9(8)18-3-4-19-6-10(13)14/h1-2,5,10,18H,3-4,6H2. The lowest BCUT2D eigenvalue weighted by Gasteiger charge is -2.12. The van der Waals surface area contributed by atoms with E-state index in [2.05, 4.69) is 26.0 Å². The third kappa shape index (κ3) is 5.73. The lowest BCUT2D eigenvalue weighted by molar-refractivity contribution is -0.137. The molecule has 0 aliphatic carbocycles. The van der Waals surface area contributed by atoms with Crippen molar-refractivity contribution in [3.8, 4) is 0 Å². The number of rotatable bonds is 6. The van der Waals surface area contributed by atoms with Gasteiger partial charge in [-0.15, -0.1) is 0 Å². The summed E-state index contributed by atoms with van der Waals surface area (Å²) in [7, 11) is 0. The lowest BCUT2D eigenvalue weighted by atomic mass is 10.2. The second kappa shape index (κ2) is 7.04. The topological polar surface area (TPSA) is 21.3 Å². The highest BCUT2D eigenvalue weighted by Crippen LogP contribution is 2.33. The van der Waals surface area contributed by atoms with Crippen LogP contribution >= 0.6 is 15.9 Å². The van der Waals surface area contributed by atoms with Crippen molar-refractivity contribution in [3.05, 3.63) is 28.2 Å². The zero-order chi connectivity index (χ0) is 14.5. The molecule has 0 aliphatic rings. The number of ether oxygens (including phenoxy) is 1. The number of hydrogen-bond donors (Lipinski definition) is 1. The molecule has 0 aliphatic heterocycles. The Hall–Kier alpha value is -0.890. The monoisotopic (exact) mass is 347 g/mol. The number of hydrogen-bond acceptors (Lipinski definition) is 2. The van der Waals surface area contributed by atoms with E-state index >= 15 is 0 Å². The second-order valence-corrected chi connectivity index (χ2v) is 4.44. The summed E-state index contributed by atoms with van der Waals surface area (Å²) in [5, 5.41) is 2.78. The quantitative estimate of drug-likeness (QED) is 0.616. The Morgan fingerprint density at radius 2 is 1.95 bits per heavy atom. The Morgan fingerprint density at radius 3 is 2.47 bits per heavy atom. The van der Waals surface area contributed by atoms with Crippen LogP contribution in [0.15, 0.2) is 22.7 Å². The molecule has 0 saturated carbocycles. The van der Waals surface area contributed by atoms with Gasteiger partial charge in [0.05, 0.1) is 12.2 Å². The molecule has 0 bridgehead atoms. The number of benzene rings is 1. The van der Waals surface area contributed by atoms with E-state index in [1.54, 1.807) is 0 Å². The summed E-state index contributed by atoms with van der Waals surface area (Å²) in [6.45, 7) is -0.398. The second-order valence-electron chi connectivity index (χ2n) is 3.59. The molecule has 0 unspecified atom stereocenters. The number of halogens is 6. The predicted molar refractivity (Wildman–Crippen MR) is 64.5 cm³/mol. The van der Waals surface area contributed by atoms with Gasteiger partial charge in [0, 0.05) is 16.7 Å². The minimum atomic E-state index is -4.40. The maximum absolute atomic E-state index is 12.4. The highest BCUT2D eigenvalue weighted by atomic mass is 79.9. The summed E-state index contributed by atoms with van der Waals surface area (Å²) in [5.41, 5.74) is -0.326. The molecule has 0 amide bonds. The molecule has 1 aromatic rings. The van der Waals surface area contributed by atoms with Gasteiger partial charge in [0.25, 0.3) is 6.43 Å². The molecule has 108 valence electrons. The van der Waals surface area contributed by atoms with Gasteiger partial charge in [-0.25, -0.2) is 8.78 Å². The van der Waals surface area contributed by atoms with Gasteiger partial charge in [0.15, 0.2) is 0 Å². The summed E-state index contributed by atoms with van der Waals surface area (Å²) in [5.74, 6) is 0. The molecule has 8 heteroatoms. The van der Waals surface area contributed by atoms with Crippen LogP contribution in [0.1, 0.15) is 5.56 Å². The van der Waals surface area contributed by atoms with E-state index in [0.717, 1.165) is 12.1 Å². The van der Waals surface area contributed by atoms with Crippen molar-refractivity contribution in [1.82, 2.24) is 0 Å². The van der Waals surface area contributed by atoms with Crippen LogP contribution < -0.4 is 5.32 Å². The Balaban J connectivity index is 2.47. The van der Waals surface area contributed by atoms with Gasteiger partial charge < -0.3 is 10.1 Å². The molecule has 2 nitrogen and oxygen atoms in total. The molecule has 0 spiro atoms. The maximum atomic E-state index is 12.4. The van der Waals surface area contributed by atoms with Crippen LogP contribution in [-0.2, 0) is 10.9 Å². The number of alkyl halides is 5. The maximum Gasteiger partial charge on any atom is 0.416 e. The fourth-order valence-electron chi connectivity index (χ4n) is 1.27. The Labute approximate surface area is 115 Å². The van der Waals surface area contributed by atoms with Crippen molar-refractivity contribution in [2.45, 2.75) is 12.6 Å². The predicted octanol–water partition coefficient (Wildman–Crippen LogP) is 4.16. The molecule has 0 heterocycles. The minimum Gasteiger partial charge on any atom is -0.382 e. The first kappa shape index (κ1) is 16.2. The summed E-state index contributed by atoms with van der Waals surface area (Å²) in [6, 6.07) is 3.15. The molecular weight excluding hydrogens is 337 g/mol. The Bertz CT molecular complexity index is 411. The van der Waals surface area contributed by atoms with E-state index in [-0.39, 0.29) is 17.6 Å². The lowest BCUT2D eigenvalue weighted by Crippen LogP contribution is -2.13. The normalized spacial score (nSPS) is 11.9. The van der Waals surface area contributed by atoms with Gasteiger partial charge in [-0.3, -0.25) is 0 Å². The molecule has 0 aromatic heterocycles. The SMILES string of the molecule is FC(F)COCCNc1ccc(C(F)(F)F)cc1Br. The molecular formula is C11H11BrF5NO. The summed E-state index contributed by atoms with van der Waals surface area (Å²) in [6.07, 6.45) is -6.93. The number of nitrogens with one attached hydrogen (secondary N) is 1. The van der Waals surface area contributed by atoms with E-state index < -0.39 is 24.8 Å². The largest absolute Gasteiger partial charge is 0.416 e. The van der Waals surface area contributed by atoms with Crippen LogP contribution in [0.3, 0.4) is 0 Å². The van der Waals surface area contributed by atoms with Crippen molar-refractivity contribution in [3.63, 3.8) is 0 Å². The van der Waals surface area contributed by atoms with Crippen LogP contribution in [0.4, 0.5) is 27.6 Å². The third-order valence-electron chi connectivity index (χ3n) is 2.10.